The fourth-order valence-corrected chi connectivity index (χ4v) is 3.92. The fourth-order valence-electron chi connectivity index (χ4n) is 3.25. The molecule has 142 valence electrons. The van der Waals surface area contributed by atoms with Crippen LogP contribution in [0.15, 0.2) is 60.0 Å². The third-order valence-electron chi connectivity index (χ3n) is 4.60. The molecule has 3 aromatic rings. The van der Waals surface area contributed by atoms with E-state index >= 15 is 0 Å². The van der Waals surface area contributed by atoms with Gasteiger partial charge in [-0.2, -0.15) is 0 Å². The maximum absolute atomic E-state index is 12.7. The number of benzene rings is 2. The second-order valence-corrected chi connectivity index (χ2v) is 7.63. The van der Waals surface area contributed by atoms with Crippen molar-refractivity contribution in [2.75, 3.05) is 23.4 Å². The predicted molar refractivity (Wildman–Crippen MR) is 111 cm³/mol. The third-order valence-corrected chi connectivity index (χ3v) is 5.46. The van der Waals surface area contributed by atoms with E-state index in [1.54, 1.807) is 4.90 Å². The molecule has 28 heavy (non-hydrogen) atoms. The summed E-state index contributed by atoms with van der Waals surface area (Å²) in [6.45, 7) is 2.55. The number of nitrogens with one attached hydrogen (secondary N) is 1. The highest BCUT2D eigenvalue weighted by molar-refractivity contribution is 7.12. The average molecular weight is 392 g/mol. The number of anilines is 2. The summed E-state index contributed by atoms with van der Waals surface area (Å²) >= 11 is 1.44. The number of nitrogens with zero attached hydrogens (tertiary/aromatic N) is 1. The number of rotatable bonds is 5. The van der Waals surface area contributed by atoms with Crippen molar-refractivity contribution in [2.45, 2.75) is 13.3 Å². The van der Waals surface area contributed by atoms with Gasteiger partial charge in [0.05, 0.1) is 4.88 Å². The van der Waals surface area contributed by atoms with Crippen LogP contribution in [0.25, 0.3) is 0 Å². The van der Waals surface area contributed by atoms with Crippen molar-refractivity contribution in [3.05, 3.63) is 76.0 Å². The molecule has 0 unspecified atom stereocenters. The number of carbonyl (C=O) groups is 2. The van der Waals surface area contributed by atoms with Crippen molar-refractivity contribution < 1.29 is 14.3 Å². The first kappa shape index (κ1) is 18.3. The molecule has 1 N–H and O–H groups in total. The number of amides is 2. The molecular formula is C22H20N2O3S. The smallest absolute Gasteiger partial charge is 0.268 e. The molecule has 4 rings (SSSR count). The van der Waals surface area contributed by atoms with Gasteiger partial charge in [-0.25, -0.2) is 0 Å². The molecule has 5 nitrogen and oxygen atoms in total. The first-order chi connectivity index (χ1) is 13.6. The molecule has 0 saturated carbocycles. The van der Waals surface area contributed by atoms with Gasteiger partial charge in [-0.1, -0.05) is 24.3 Å². The molecule has 0 bridgehead atoms. The van der Waals surface area contributed by atoms with Crippen LogP contribution >= 0.6 is 11.3 Å². The van der Waals surface area contributed by atoms with Crippen LogP contribution in [0.1, 0.15) is 20.8 Å². The normalized spacial score (nSPS) is 12.5. The molecule has 2 aromatic carbocycles. The van der Waals surface area contributed by atoms with Crippen molar-refractivity contribution in [1.29, 1.82) is 0 Å². The molecule has 2 amide bonds. The highest BCUT2D eigenvalue weighted by atomic mass is 32.1. The summed E-state index contributed by atoms with van der Waals surface area (Å²) in [4.78, 5) is 27.5. The lowest BCUT2D eigenvalue weighted by molar-refractivity contribution is -0.118. The molecular weight excluding hydrogens is 372 g/mol. The molecule has 0 saturated heterocycles. The minimum Gasteiger partial charge on any atom is -0.484 e. The van der Waals surface area contributed by atoms with Crippen LogP contribution in [0, 0.1) is 6.92 Å². The van der Waals surface area contributed by atoms with Gasteiger partial charge >= 0.3 is 0 Å². The zero-order chi connectivity index (χ0) is 19.5. The van der Waals surface area contributed by atoms with Gasteiger partial charge in [0, 0.05) is 17.9 Å². The van der Waals surface area contributed by atoms with Crippen LogP contribution in [0.4, 0.5) is 11.4 Å². The average Bonchev–Trinajstić information content (AvgIpc) is 3.36. The lowest BCUT2D eigenvalue weighted by atomic mass is 10.1. The highest BCUT2D eigenvalue weighted by Crippen LogP contribution is 2.32. The van der Waals surface area contributed by atoms with E-state index in [1.807, 2.05) is 66.9 Å². The number of fused-ring (bicyclic) bond motifs is 1. The number of carbonyl (C=O) groups excluding carboxylic acids is 2. The summed E-state index contributed by atoms with van der Waals surface area (Å²) in [5, 5.41) is 4.75. The number of hydrogen-bond donors (Lipinski definition) is 1. The molecule has 2 heterocycles. The van der Waals surface area contributed by atoms with Gasteiger partial charge < -0.3 is 15.0 Å². The number of thiophene rings is 1. The first-order valence-electron chi connectivity index (χ1n) is 9.08. The van der Waals surface area contributed by atoms with E-state index in [0.29, 0.717) is 22.9 Å². The van der Waals surface area contributed by atoms with Crippen molar-refractivity contribution in [3.63, 3.8) is 0 Å². The lowest BCUT2D eigenvalue weighted by Gasteiger charge is -2.17. The van der Waals surface area contributed by atoms with Crippen LogP contribution in [-0.2, 0) is 11.2 Å². The summed E-state index contributed by atoms with van der Waals surface area (Å²) in [5.41, 5.74) is 3.70. The van der Waals surface area contributed by atoms with Crippen molar-refractivity contribution >= 4 is 34.5 Å². The molecule has 0 spiro atoms. The Morgan fingerprint density at radius 1 is 1.14 bits per heavy atom. The lowest BCUT2D eigenvalue weighted by Crippen LogP contribution is -2.28. The Morgan fingerprint density at radius 2 is 2.04 bits per heavy atom. The van der Waals surface area contributed by atoms with E-state index in [2.05, 4.69) is 5.32 Å². The van der Waals surface area contributed by atoms with Crippen LogP contribution in [0.5, 0.6) is 5.75 Å². The highest BCUT2D eigenvalue weighted by Gasteiger charge is 2.26. The quantitative estimate of drug-likeness (QED) is 0.705. The Morgan fingerprint density at radius 3 is 2.82 bits per heavy atom. The Labute approximate surface area is 167 Å². The zero-order valence-corrected chi connectivity index (χ0v) is 16.3. The Bertz CT molecular complexity index is 1010. The van der Waals surface area contributed by atoms with Gasteiger partial charge in [0.15, 0.2) is 6.61 Å². The standard InChI is InChI=1S/C22H20N2O3S/c1-15-4-2-5-18(12-15)27-14-21(25)23-17-8-7-16-9-10-24(19(16)13-17)22(26)20-6-3-11-28-20/h2-8,11-13H,9-10,14H2,1H3,(H,23,25). The van der Waals surface area contributed by atoms with Crippen LogP contribution < -0.4 is 15.0 Å². The summed E-state index contributed by atoms with van der Waals surface area (Å²) in [6.07, 6.45) is 0.817. The molecule has 6 heteroatoms. The minimum absolute atomic E-state index is 0.00000675. The predicted octanol–water partition coefficient (Wildman–Crippen LogP) is 4.28. The molecule has 0 radical (unpaired) electrons. The van der Waals surface area contributed by atoms with Crippen molar-refractivity contribution in [3.8, 4) is 5.75 Å². The Kier molecular flexibility index (Phi) is 5.12. The maximum Gasteiger partial charge on any atom is 0.268 e. The molecule has 0 fully saturated rings. The van der Waals surface area contributed by atoms with Crippen molar-refractivity contribution in [2.24, 2.45) is 0 Å². The Hall–Kier alpha value is -3.12. The number of hydrogen-bond acceptors (Lipinski definition) is 4. The largest absolute Gasteiger partial charge is 0.484 e. The Balaban J connectivity index is 1.43. The van der Waals surface area contributed by atoms with E-state index in [9.17, 15) is 9.59 Å². The second kappa shape index (κ2) is 7.86. The van der Waals surface area contributed by atoms with E-state index in [1.165, 1.54) is 11.3 Å². The second-order valence-electron chi connectivity index (χ2n) is 6.68. The molecule has 1 aliphatic heterocycles. The van der Waals surface area contributed by atoms with Gasteiger partial charge in [-0.15, -0.1) is 11.3 Å². The van der Waals surface area contributed by atoms with Gasteiger partial charge in [0.1, 0.15) is 5.75 Å². The van der Waals surface area contributed by atoms with Gasteiger partial charge in [0.25, 0.3) is 11.8 Å². The van der Waals surface area contributed by atoms with E-state index < -0.39 is 0 Å². The maximum atomic E-state index is 12.7. The zero-order valence-electron chi connectivity index (χ0n) is 15.5. The van der Waals surface area contributed by atoms with Crippen molar-refractivity contribution in [1.82, 2.24) is 0 Å². The fraction of sp³-hybridized carbons (Fsp3) is 0.182. The van der Waals surface area contributed by atoms with E-state index in [0.717, 1.165) is 23.2 Å². The van der Waals surface area contributed by atoms with Gasteiger partial charge in [-0.05, 0) is 60.2 Å². The van der Waals surface area contributed by atoms with Gasteiger partial charge in [0.2, 0.25) is 0 Å². The molecule has 1 aliphatic rings. The van der Waals surface area contributed by atoms with Gasteiger partial charge in [-0.3, -0.25) is 9.59 Å². The van der Waals surface area contributed by atoms with Crippen LogP contribution in [0.3, 0.4) is 0 Å². The monoisotopic (exact) mass is 392 g/mol. The molecule has 0 aliphatic carbocycles. The third kappa shape index (κ3) is 3.92. The number of aryl methyl sites for hydroxylation is 1. The summed E-state index contributed by atoms with van der Waals surface area (Å²) in [7, 11) is 0. The summed E-state index contributed by atoms with van der Waals surface area (Å²) in [5.74, 6) is 0.424. The van der Waals surface area contributed by atoms with E-state index in [-0.39, 0.29) is 18.4 Å². The van der Waals surface area contributed by atoms with Crippen LogP contribution in [0.2, 0.25) is 0 Å². The summed E-state index contributed by atoms with van der Waals surface area (Å²) in [6, 6.07) is 17.0. The summed E-state index contributed by atoms with van der Waals surface area (Å²) < 4.78 is 5.55. The number of ether oxygens (including phenoxy) is 1. The molecule has 0 atom stereocenters. The van der Waals surface area contributed by atoms with E-state index in [4.69, 9.17) is 4.74 Å². The van der Waals surface area contributed by atoms with Crippen LogP contribution in [-0.4, -0.2) is 25.0 Å². The minimum atomic E-state index is -0.240. The molecule has 1 aromatic heterocycles. The topological polar surface area (TPSA) is 58.6 Å². The first-order valence-corrected chi connectivity index (χ1v) is 9.96. The SMILES string of the molecule is Cc1cccc(OCC(=O)Nc2ccc3c(c2)N(C(=O)c2cccs2)CC3)c1.